The summed E-state index contributed by atoms with van der Waals surface area (Å²) >= 11 is 0. The standard InChI is InChI=1S/C19H19FN6O2/c20-14-5-1-2-6-15(14)28-12-19(27)23-10-9-22-17-11-18(25-13-24-17)26-16-7-3-4-8-21-16/h1-8,11,13H,9-10,12H2,(H,23,27)(H2,21,22,24,25,26). The van der Waals surface area contributed by atoms with E-state index in [-0.39, 0.29) is 18.3 Å². The summed E-state index contributed by atoms with van der Waals surface area (Å²) in [5, 5.41) is 8.83. The Morgan fingerprint density at radius 2 is 1.79 bits per heavy atom. The van der Waals surface area contributed by atoms with Crippen LogP contribution in [-0.4, -0.2) is 40.6 Å². The van der Waals surface area contributed by atoms with E-state index in [9.17, 15) is 9.18 Å². The molecule has 0 radical (unpaired) electrons. The quantitative estimate of drug-likeness (QED) is 0.488. The van der Waals surface area contributed by atoms with Gasteiger partial charge in [0.25, 0.3) is 5.91 Å². The minimum absolute atomic E-state index is 0.0460. The van der Waals surface area contributed by atoms with Gasteiger partial charge in [-0.25, -0.2) is 19.3 Å². The number of aromatic nitrogens is 3. The zero-order valence-corrected chi connectivity index (χ0v) is 14.9. The van der Waals surface area contributed by atoms with Gasteiger partial charge < -0.3 is 20.7 Å². The number of pyridine rings is 1. The lowest BCUT2D eigenvalue weighted by Crippen LogP contribution is -2.32. The van der Waals surface area contributed by atoms with Crippen molar-refractivity contribution in [1.29, 1.82) is 0 Å². The van der Waals surface area contributed by atoms with Gasteiger partial charge in [0.15, 0.2) is 18.2 Å². The van der Waals surface area contributed by atoms with Gasteiger partial charge in [-0.15, -0.1) is 0 Å². The number of nitrogens with zero attached hydrogens (tertiary/aromatic N) is 3. The Balaban J connectivity index is 1.38. The fourth-order valence-electron chi connectivity index (χ4n) is 2.24. The van der Waals surface area contributed by atoms with Crippen LogP contribution in [0.4, 0.5) is 21.8 Å². The van der Waals surface area contributed by atoms with Crippen molar-refractivity contribution in [2.75, 3.05) is 30.3 Å². The van der Waals surface area contributed by atoms with Crippen LogP contribution >= 0.6 is 0 Å². The van der Waals surface area contributed by atoms with Crippen molar-refractivity contribution in [2.45, 2.75) is 0 Å². The van der Waals surface area contributed by atoms with Gasteiger partial charge in [0.05, 0.1) is 0 Å². The van der Waals surface area contributed by atoms with Crippen LogP contribution in [0.1, 0.15) is 0 Å². The highest BCUT2D eigenvalue weighted by molar-refractivity contribution is 5.77. The van der Waals surface area contributed by atoms with E-state index in [1.807, 2.05) is 18.2 Å². The highest BCUT2D eigenvalue weighted by Gasteiger charge is 2.06. The fraction of sp³-hybridized carbons (Fsp3) is 0.158. The molecule has 0 aliphatic rings. The summed E-state index contributed by atoms with van der Waals surface area (Å²) < 4.78 is 18.6. The van der Waals surface area contributed by atoms with E-state index in [0.29, 0.717) is 30.5 Å². The third-order valence-electron chi connectivity index (χ3n) is 3.54. The summed E-state index contributed by atoms with van der Waals surface area (Å²) in [5.41, 5.74) is 0. The molecule has 3 rings (SSSR count). The van der Waals surface area contributed by atoms with Crippen molar-refractivity contribution < 1.29 is 13.9 Å². The van der Waals surface area contributed by atoms with E-state index in [0.717, 1.165) is 0 Å². The van der Waals surface area contributed by atoms with Crippen molar-refractivity contribution in [3.63, 3.8) is 0 Å². The molecule has 0 unspecified atom stereocenters. The average molecular weight is 382 g/mol. The van der Waals surface area contributed by atoms with E-state index in [2.05, 4.69) is 30.9 Å². The van der Waals surface area contributed by atoms with E-state index in [1.165, 1.54) is 18.5 Å². The van der Waals surface area contributed by atoms with E-state index in [4.69, 9.17) is 4.74 Å². The number of benzene rings is 1. The van der Waals surface area contributed by atoms with Crippen molar-refractivity contribution in [3.8, 4) is 5.75 Å². The number of carbonyl (C=O) groups is 1. The topological polar surface area (TPSA) is 101 Å². The number of para-hydroxylation sites is 1. The first-order valence-corrected chi connectivity index (χ1v) is 8.59. The third-order valence-corrected chi connectivity index (χ3v) is 3.54. The van der Waals surface area contributed by atoms with Crippen LogP contribution in [-0.2, 0) is 4.79 Å². The van der Waals surface area contributed by atoms with Crippen LogP contribution < -0.4 is 20.7 Å². The van der Waals surface area contributed by atoms with Gasteiger partial charge in [-0.2, -0.15) is 0 Å². The lowest BCUT2D eigenvalue weighted by Gasteiger charge is -2.10. The van der Waals surface area contributed by atoms with Crippen LogP contribution in [0.5, 0.6) is 5.75 Å². The molecule has 2 heterocycles. The number of rotatable bonds is 9. The summed E-state index contributed by atoms with van der Waals surface area (Å²) in [5.74, 6) is 1.07. The van der Waals surface area contributed by atoms with E-state index >= 15 is 0 Å². The number of anilines is 3. The highest BCUT2D eigenvalue weighted by atomic mass is 19.1. The zero-order valence-electron chi connectivity index (χ0n) is 14.9. The molecular formula is C19H19FN6O2. The molecule has 0 aliphatic carbocycles. The highest BCUT2D eigenvalue weighted by Crippen LogP contribution is 2.15. The number of hydrogen-bond acceptors (Lipinski definition) is 7. The molecular weight excluding hydrogens is 363 g/mol. The molecule has 9 heteroatoms. The molecule has 2 aromatic heterocycles. The molecule has 144 valence electrons. The van der Waals surface area contributed by atoms with Gasteiger partial charge >= 0.3 is 0 Å². The SMILES string of the molecule is O=C(COc1ccccc1F)NCCNc1cc(Nc2ccccn2)ncn1. The van der Waals surface area contributed by atoms with Gasteiger partial charge in [0.1, 0.15) is 23.8 Å². The van der Waals surface area contributed by atoms with Gasteiger partial charge in [0.2, 0.25) is 0 Å². The normalized spacial score (nSPS) is 10.2. The van der Waals surface area contributed by atoms with Gasteiger partial charge in [-0.3, -0.25) is 4.79 Å². The smallest absolute Gasteiger partial charge is 0.258 e. The largest absolute Gasteiger partial charge is 0.481 e. The monoisotopic (exact) mass is 382 g/mol. The second kappa shape index (κ2) is 9.81. The number of carbonyl (C=O) groups excluding carboxylic acids is 1. The summed E-state index contributed by atoms with van der Waals surface area (Å²) in [4.78, 5) is 24.2. The molecule has 0 fully saturated rings. The molecule has 1 aromatic carbocycles. The molecule has 0 atom stereocenters. The van der Waals surface area contributed by atoms with Crippen molar-refractivity contribution in [3.05, 3.63) is 66.9 Å². The van der Waals surface area contributed by atoms with Crippen molar-refractivity contribution >= 4 is 23.4 Å². The number of amides is 1. The van der Waals surface area contributed by atoms with E-state index in [1.54, 1.807) is 24.4 Å². The molecule has 0 spiro atoms. The van der Waals surface area contributed by atoms with Crippen molar-refractivity contribution in [1.82, 2.24) is 20.3 Å². The molecule has 8 nitrogen and oxygen atoms in total. The molecule has 3 N–H and O–H groups in total. The lowest BCUT2D eigenvalue weighted by atomic mass is 10.3. The molecule has 1 amide bonds. The molecule has 0 aliphatic heterocycles. The Bertz CT molecular complexity index is 910. The first-order valence-electron chi connectivity index (χ1n) is 8.59. The molecule has 28 heavy (non-hydrogen) atoms. The summed E-state index contributed by atoms with van der Waals surface area (Å²) in [6.07, 6.45) is 3.11. The average Bonchev–Trinajstić information content (AvgIpc) is 2.72. The maximum Gasteiger partial charge on any atom is 0.258 e. The Hall–Kier alpha value is -3.75. The van der Waals surface area contributed by atoms with Crippen molar-refractivity contribution in [2.24, 2.45) is 0 Å². The predicted octanol–water partition coefficient (Wildman–Crippen LogP) is 2.36. The summed E-state index contributed by atoms with van der Waals surface area (Å²) in [7, 11) is 0. The second-order valence-electron chi connectivity index (χ2n) is 5.62. The predicted molar refractivity (Wildman–Crippen MR) is 103 cm³/mol. The Morgan fingerprint density at radius 3 is 2.61 bits per heavy atom. The van der Waals surface area contributed by atoms with Crippen LogP contribution in [0.3, 0.4) is 0 Å². The van der Waals surface area contributed by atoms with Gasteiger partial charge in [-0.1, -0.05) is 18.2 Å². The minimum Gasteiger partial charge on any atom is -0.481 e. The van der Waals surface area contributed by atoms with Crippen LogP contribution in [0.25, 0.3) is 0 Å². The van der Waals surface area contributed by atoms with Crippen LogP contribution in [0, 0.1) is 5.82 Å². The molecule has 0 saturated heterocycles. The molecule has 3 aromatic rings. The maximum absolute atomic E-state index is 13.4. The number of halogens is 1. The first-order chi connectivity index (χ1) is 13.7. The maximum atomic E-state index is 13.4. The number of nitrogens with one attached hydrogen (secondary N) is 3. The summed E-state index contributed by atoms with van der Waals surface area (Å²) in [6.45, 7) is 0.546. The fourth-order valence-corrected chi connectivity index (χ4v) is 2.24. The van der Waals surface area contributed by atoms with Crippen LogP contribution in [0.15, 0.2) is 61.1 Å². The Labute approximate surface area is 161 Å². The Morgan fingerprint density at radius 1 is 0.964 bits per heavy atom. The number of hydrogen-bond donors (Lipinski definition) is 3. The summed E-state index contributed by atoms with van der Waals surface area (Å²) in [6, 6.07) is 13.2. The van der Waals surface area contributed by atoms with Crippen LogP contribution in [0.2, 0.25) is 0 Å². The molecule has 0 saturated carbocycles. The number of ether oxygens (including phenoxy) is 1. The zero-order chi connectivity index (χ0) is 19.6. The van der Waals surface area contributed by atoms with Gasteiger partial charge in [-0.05, 0) is 24.3 Å². The van der Waals surface area contributed by atoms with E-state index < -0.39 is 5.82 Å². The van der Waals surface area contributed by atoms with Gasteiger partial charge in [0, 0.05) is 25.4 Å². The Kier molecular flexibility index (Phi) is 6.67. The second-order valence-corrected chi connectivity index (χ2v) is 5.62. The molecule has 0 bridgehead atoms. The first kappa shape index (κ1) is 19.0. The third kappa shape index (κ3) is 5.90. The lowest BCUT2D eigenvalue weighted by molar-refractivity contribution is -0.123. The minimum atomic E-state index is -0.504.